The van der Waals surface area contributed by atoms with Crippen molar-refractivity contribution >= 4 is 15.7 Å². The van der Waals surface area contributed by atoms with Crippen LogP contribution in [0.1, 0.15) is 11.1 Å². The van der Waals surface area contributed by atoms with Crippen molar-refractivity contribution in [1.29, 1.82) is 0 Å². The summed E-state index contributed by atoms with van der Waals surface area (Å²) in [6, 6.07) is 6.20. The second-order valence-electron chi connectivity index (χ2n) is 4.47. The van der Waals surface area contributed by atoms with Gasteiger partial charge in [-0.15, -0.1) is 0 Å². The van der Waals surface area contributed by atoms with Crippen LogP contribution in [0.3, 0.4) is 0 Å². The van der Waals surface area contributed by atoms with Crippen LogP contribution >= 0.6 is 0 Å². The molecule has 0 atom stereocenters. The van der Waals surface area contributed by atoms with Gasteiger partial charge < -0.3 is 10.5 Å². The maximum absolute atomic E-state index is 12.4. The van der Waals surface area contributed by atoms with Crippen LogP contribution in [0.2, 0.25) is 0 Å². The average molecular weight is 307 g/mol. The van der Waals surface area contributed by atoms with Crippen molar-refractivity contribution in [3.63, 3.8) is 0 Å². The molecule has 1 aromatic heterocycles. The molecule has 2 aromatic rings. The van der Waals surface area contributed by atoms with Gasteiger partial charge in [0, 0.05) is 24.5 Å². The van der Waals surface area contributed by atoms with Crippen molar-refractivity contribution in [3.05, 3.63) is 47.8 Å². The molecule has 2 rings (SSSR count). The van der Waals surface area contributed by atoms with Gasteiger partial charge in [-0.2, -0.15) is 0 Å². The Balaban J connectivity index is 2.38. The van der Waals surface area contributed by atoms with Gasteiger partial charge in [-0.25, -0.2) is 8.42 Å². The number of ether oxygens (including phenoxy) is 1. The minimum absolute atomic E-state index is 0.139. The Morgan fingerprint density at radius 2 is 2.10 bits per heavy atom. The van der Waals surface area contributed by atoms with E-state index in [1.165, 1.54) is 25.4 Å². The summed E-state index contributed by atoms with van der Waals surface area (Å²) in [5.41, 5.74) is 7.48. The van der Waals surface area contributed by atoms with E-state index in [1.807, 2.05) is 0 Å². The molecule has 1 heterocycles. The van der Waals surface area contributed by atoms with Gasteiger partial charge in [-0.3, -0.25) is 9.71 Å². The maximum atomic E-state index is 12.4. The molecule has 0 saturated heterocycles. The second kappa shape index (κ2) is 6.11. The van der Waals surface area contributed by atoms with E-state index in [2.05, 4.69) is 9.71 Å². The first-order valence-corrected chi connectivity index (χ1v) is 7.76. The van der Waals surface area contributed by atoms with Crippen LogP contribution in [0.5, 0.6) is 5.75 Å². The van der Waals surface area contributed by atoms with Crippen LogP contribution in [-0.2, 0) is 16.6 Å². The topological polar surface area (TPSA) is 94.3 Å². The lowest BCUT2D eigenvalue weighted by atomic mass is 10.2. The molecule has 0 radical (unpaired) electrons. The molecular weight excluding hydrogens is 290 g/mol. The molecule has 0 aliphatic rings. The first-order chi connectivity index (χ1) is 9.97. The number of rotatable bonds is 5. The van der Waals surface area contributed by atoms with E-state index in [1.54, 1.807) is 25.3 Å². The van der Waals surface area contributed by atoms with Gasteiger partial charge in [0.1, 0.15) is 5.75 Å². The normalized spacial score (nSPS) is 11.2. The number of nitrogens with one attached hydrogen (secondary N) is 1. The van der Waals surface area contributed by atoms with E-state index in [4.69, 9.17) is 10.5 Å². The first-order valence-electron chi connectivity index (χ1n) is 6.28. The van der Waals surface area contributed by atoms with Crippen LogP contribution < -0.4 is 15.2 Å². The maximum Gasteiger partial charge on any atom is 0.261 e. The standard InChI is InChI=1S/C14H17N3O3S/c1-10-9-16-6-5-13(10)17-21(18,19)12-3-4-14(20-2)11(7-12)8-15/h3-7,9H,8,15H2,1-2H3,(H,16,17). The van der Waals surface area contributed by atoms with Gasteiger partial charge in [0.25, 0.3) is 10.0 Å². The van der Waals surface area contributed by atoms with Crippen molar-refractivity contribution in [2.24, 2.45) is 5.73 Å². The zero-order chi connectivity index (χ0) is 15.5. The molecule has 112 valence electrons. The zero-order valence-corrected chi connectivity index (χ0v) is 12.6. The number of hydrogen-bond acceptors (Lipinski definition) is 5. The fourth-order valence-corrected chi connectivity index (χ4v) is 3.05. The third kappa shape index (κ3) is 3.32. The minimum Gasteiger partial charge on any atom is -0.496 e. The van der Waals surface area contributed by atoms with Gasteiger partial charge >= 0.3 is 0 Å². The number of benzene rings is 1. The summed E-state index contributed by atoms with van der Waals surface area (Å²) in [5, 5.41) is 0. The lowest BCUT2D eigenvalue weighted by molar-refractivity contribution is 0.409. The molecule has 0 aliphatic heterocycles. The first kappa shape index (κ1) is 15.3. The van der Waals surface area contributed by atoms with Crippen molar-refractivity contribution in [2.75, 3.05) is 11.8 Å². The molecule has 0 amide bonds. The average Bonchev–Trinajstić information content (AvgIpc) is 2.48. The molecule has 7 heteroatoms. The van der Waals surface area contributed by atoms with Crippen LogP contribution in [0.15, 0.2) is 41.6 Å². The summed E-state index contributed by atoms with van der Waals surface area (Å²) in [6.07, 6.45) is 3.13. The summed E-state index contributed by atoms with van der Waals surface area (Å²) in [5.74, 6) is 0.566. The molecule has 3 N–H and O–H groups in total. The highest BCUT2D eigenvalue weighted by Gasteiger charge is 2.17. The SMILES string of the molecule is COc1ccc(S(=O)(=O)Nc2ccncc2C)cc1CN. The second-order valence-corrected chi connectivity index (χ2v) is 6.16. The largest absolute Gasteiger partial charge is 0.496 e. The fourth-order valence-electron chi connectivity index (χ4n) is 1.87. The van der Waals surface area contributed by atoms with Crippen molar-refractivity contribution in [3.8, 4) is 5.75 Å². The molecular formula is C14H17N3O3S. The Morgan fingerprint density at radius 1 is 1.33 bits per heavy atom. The highest BCUT2D eigenvalue weighted by atomic mass is 32.2. The van der Waals surface area contributed by atoms with Crippen LogP contribution in [0.25, 0.3) is 0 Å². The van der Waals surface area contributed by atoms with E-state index in [9.17, 15) is 8.42 Å². The number of aryl methyl sites for hydroxylation is 1. The molecule has 0 fully saturated rings. The van der Waals surface area contributed by atoms with Crippen LogP contribution in [0, 0.1) is 6.92 Å². The third-order valence-electron chi connectivity index (χ3n) is 3.05. The Kier molecular flexibility index (Phi) is 4.44. The zero-order valence-electron chi connectivity index (χ0n) is 11.8. The third-order valence-corrected chi connectivity index (χ3v) is 4.41. The number of hydrogen-bond donors (Lipinski definition) is 2. The molecule has 0 spiro atoms. The molecule has 0 aliphatic carbocycles. The summed E-state index contributed by atoms with van der Waals surface area (Å²) in [7, 11) is -2.17. The van der Waals surface area contributed by atoms with Gasteiger partial charge in [-0.1, -0.05) is 0 Å². The van der Waals surface area contributed by atoms with Gasteiger partial charge in [0.2, 0.25) is 0 Å². The smallest absolute Gasteiger partial charge is 0.261 e. The lowest BCUT2D eigenvalue weighted by Crippen LogP contribution is -2.14. The molecule has 0 bridgehead atoms. The molecule has 21 heavy (non-hydrogen) atoms. The number of anilines is 1. The number of methoxy groups -OCH3 is 1. The monoisotopic (exact) mass is 307 g/mol. The highest BCUT2D eigenvalue weighted by molar-refractivity contribution is 7.92. The summed E-state index contributed by atoms with van der Waals surface area (Å²) >= 11 is 0. The molecule has 0 unspecified atom stereocenters. The van der Waals surface area contributed by atoms with E-state index < -0.39 is 10.0 Å². The van der Waals surface area contributed by atoms with Gasteiger partial charge in [0.05, 0.1) is 17.7 Å². The predicted molar refractivity (Wildman–Crippen MR) is 80.7 cm³/mol. The quantitative estimate of drug-likeness (QED) is 0.876. The fraction of sp³-hybridized carbons (Fsp3) is 0.214. The summed E-state index contributed by atoms with van der Waals surface area (Å²) in [6.45, 7) is 1.98. The minimum atomic E-state index is -3.68. The molecule has 1 aromatic carbocycles. The Morgan fingerprint density at radius 3 is 2.71 bits per heavy atom. The summed E-state index contributed by atoms with van der Waals surface area (Å²) < 4.78 is 32.5. The number of pyridine rings is 1. The van der Waals surface area contributed by atoms with Crippen molar-refractivity contribution < 1.29 is 13.2 Å². The van der Waals surface area contributed by atoms with Crippen molar-refractivity contribution in [1.82, 2.24) is 4.98 Å². The van der Waals surface area contributed by atoms with Gasteiger partial charge in [-0.05, 0) is 36.8 Å². The number of nitrogens with zero attached hydrogens (tertiary/aromatic N) is 1. The Hall–Kier alpha value is -2.12. The van der Waals surface area contributed by atoms with E-state index >= 15 is 0 Å². The summed E-state index contributed by atoms with van der Waals surface area (Å²) in [4.78, 5) is 4.07. The van der Waals surface area contributed by atoms with E-state index in [-0.39, 0.29) is 11.4 Å². The molecule has 0 saturated carbocycles. The number of aromatic nitrogens is 1. The lowest BCUT2D eigenvalue weighted by Gasteiger charge is -2.12. The number of nitrogens with two attached hydrogens (primary N) is 1. The highest BCUT2D eigenvalue weighted by Crippen LogP contribution is 2.24. The van der Waals surface area contributed by atoms with E-state index in [0.717, 1.165) is 5.56 Å². The van der Waals surface area contributed by atoms with Crippen LogP contribution in [-0.4, -0.2) is 20.5 Å². The number of sulfonamides is 1. The predicted octanol–water partition coefficient (Wildman–Crippen LogP) is 1.66. The van der Waals surface area contributed by atoms with Crippen LogP contribution in [0.4, 0.5) is 5.69 Å². The van der Waals surface area contributed by atoms with Gasteiger partial charge in [0.15, 0.2) is 0 Å². The Labute approximate surface area is 124 Å². The van der Waals surface area contributed by atoms with Crippen molar-refractivity contribution in [2.45, 2.75) is 18.4 Å². The molecule has 6 nitrogen and oxygen atoms in total. The van der Waals surface area contributed by atoms with E-state index in [0.29, 0.717) is 17.0 Å². The Bertz CT molecular complexity index is 745.